The number of nitriles is 2. The standard InChI is InChI=1S/C18H14N2O2/c1-22-16-9-7-13(8-10-16)17(15(11-19)12-20)18(21)14-5-3-2-4-6-14/h2-10,15,17H,1H3. The Morgan fingerprint density at radius 1 is 1.00 bits per heavy atom. The predicted octanol–water partition coefficient (Wildman–Crippen LogP) is 3.33. The number of ether oxygens (including phenoxy) is 1. The summed E-state index contributed by atoms with van der Waals surface area (Å²) >= 11 is 0. The molecule has 2 aromatic carbocycles. The Balaban J connectivity index is 2.45. The molecule has 4 nitrogen and oxygen atoms in total. The van der Waals surface area contributed by atoms with Crippen molar-refractivity contribution in [2.24, 2.45) is 5.92 Å². The van der Waals surface area contributed by atoms with Crippen LogP contribution < -0.4 is 4.74 Å². The molecular weight excluding hydrogens is 276 g/mol. The molecule has 0 amide bonds. The molecule has 2 aromatic rings. The number of carbonyl (C=O) groups is 1. The lowest BCUT2D eigenvalue weighted by Crippen LogP contribution is -2.20. The van der Waals surface area contributed by atoms with E-state index >= 15 is 0 Å². The molecule has 22 heavy (non-hydrogen) atoms. The summed E-state index contributed by atoms with van der Waals surface area (Å²) in [5.74, 6) is -1.44. The van der Waals surface area contributed by atoms with Crippen molar-refractivity contribution in [3.05, 3.63) is 65.7 Å². The largest absolute Gasteiger partial charge is 0.497 e. The minimum absolute atomic E-state index is 0.237. The second-order valence-corrected chi connectivity index (χ2v) is 4.72. The first-order valence-electron chi connectivity index (χ1n) is 6.73. The first-order valence-corrected chi connectivity index (χ1v) is 6.73. The lowest BCUT2D eigenvalue weighted by molar-refractivity contribution is 0.0950. The molecule has 0 bridgehead atoms. The monoisotopic (exact) mass is 290 g/mol. The molecule has 0 aliphatic heterocycles. The molecule has 0 aliphatic rings. The average molecular weight is 290 g/mol. The summed E-state index contributed by atoms with van der Waals surface area (Å²) in [6.45, 7) is 0. The van der Waals surface area contributed by atoms with Gasteiger partial charge < -0.3 is 4.74 Å². The second-order valence-electron chi connectivity index (χ2n) is 4.72. The predicted molar refractivity (Wildman–Crippen MR) is 81.2 cm³/mol. The van der Waals surface area contributed by atoms with Gasteiger partial charge in [-0.1, -0.05) is 42.5 Å². The van der Waals surface area contributed by atoms with Crippen LogP contribution in [0, 0.1) is 28.6 Å². The van der Waals surface area contributed by atoms with E-state index in [9.17, 15) is 15.3 Å². The van der Waals surface area contributed by atoms with Gasteiger partial charge in [0.2, 0.25) is 0 Å². The molecule has 1 atom stereocenters. The van der Waals surface area contributed by atoms with Crippen molar-refractivity contribution in [1.82, 2.24) is 0 Å². The van der Waals surface area contributed by atoms with E-state index in [0.29, 0.717) is 16.9 Å². The van der Waals surface area contributed by atoms with Crippen LogP contribution in [-0.4, -0.2) is 12.9 Å². The van der Waals surface area contributed by atoms with E-state index in [1.54, 1.807) is 55.6 Å². The minimum Gasteiger partial charge on any atom is -0.497 e. The van der Waals surface area contributed by atoms with Crippen molar-refractivity contribution in [3.63, 3.8) is 0 Å². The van der Waals surface area contributed by atoms with E-state index in [1.807, 2.05) is 18.2 Å². The van der Waals surface area contributed by atoms with E-state index in [-0.39, 0.29) is 5.78 Å². The Kier molecular flexibility index (Phi) is 4.90. The molecule has 0 saturated heterocycles. The highest BCUT2D eigenvalue weighted by atomic mass is 16.5. The Hall–Kier alpha value is -3.11. The highest BCUT2D eigenvalue weighted by Gasteiger charge is 2.30. The molecule has 0 aliphatic carbocycles. The zero-order valence-corrected chi connectivity index (χ0v) is 12.1. The second kappa shape index (κ2) is 7.06. The Bertz CT molecular complexity index is 710. The number of methoxy groups -OCH3 is 1. The quantitative estimate of drug-likeness (QED) is 0.792. The highest BCUT2D eigenvalue weighted by Crippen LogP contribution is 2.29. The molecule has 1 unspecified atom stereocenters. The van der Waals surface area contributed by atoms with Crippen LogP contribution in [-0.2, 0) is 0 Å². The fourth-order valence-corrected chi connectivity index (χ4v) is 2.27. The molecule has 0 saturated carbocycles. The molecule has 4 heteroatoms. The van der Waals surface area contributed by atoms with E-state index in [4.69, 9.17) is 4.74 Å². The van der Waals surface area contributed by atoms with Crippen LogP contribution in [0.5, 0.6) is 5.75 Å². The Morgan fingerprint density at radius 2 is 1.59 bits per heavy atom. The van der Waals surface area contributed by atoms with Gasteiger partial charge in [-0.25, -0.2) is 0 Å². The minimum atomic E-state index is -1.04. The van der Waals surface area contributed by atoms with Crippen molar-refractivity contribution < 1.29 is 9.53 Å². The maximum absolute atomic E-state index is 12.7. The van der Waals surface area contributed by atoms with Gasteiger partial charge in [-0.2, -0.15) is 10.5 Å². The van der Waals surface area contributed by atoms with Crippen LogP contribution in [0.25, 0.3) is 0 Å². The van der Waals surface area contributed by atoms with Gasteiger partial charge in [0, 0.05) is 5.56 Å². The normalized spacial score (nSPS) is 11.3. The summed E-state index contributed by atoms with van der Waals surface area (Å²) < 4.78 is 5.09. The third kappa shape index (κ3) is 3.13. The first kappa shape index (κ1) is 15.3. The van der Waals surface area contributed by atoms with E-state index in [1.165, 1.54) is 0 Å². The van der Waals surface area contributed by atoms with Crippen molar-refractivity contribution in [1.29, 1.82) is 10.5 Å². The van der Waals surface area contributed by atoms with Crippen molar-refractivity contribution in [2.75, 3.05) is 7.11 Å². The molecular formula is C18H14N2O2. The average Bonchev–Trinajstić information content (AvgIpc) is 2.60. The number of hydrogen-bond acceptors (Lipinski definition) is 4. The number of hydrogen-bond donors (Lipinski definition) is 0. The summed E-state index contributed by atoms with van der Waals surface area (Å²) in [6.07, 6.45) is 0. The third-order valence-corrected chi connectivity index (χ3v) is 3.43. The molecule has 0 heterocycles. The van der Waals surface area contributed by atoms with E-state index in [0.717, 1.165) is 0 Å². The fraction of sp³-hybridized carbons (Fsp3) is 0.167. The molecule has 108 valence electrons. The zero-order valence-electron chi connectivity index (χ0n) is 12.1. The third-order valence-electron chi connectivity index (χ3n) is 3.43. The lowest BCUT2D eigenvalue weighted by Gasteiger charge is -2.17. The van der Waals surface area contributed by atoms with E-state index in [2.05, 4.69) is 0 Å². The fourth-order valence-electron chi connectivity index (χ4n) is 2.27. The van der Waals surface area contributed by atoms with Gasteiger partial charge >= 0.3 is 0 Å². The van der Waals surface area contributed by atoms with Gasteiger partial charge in [-0.05, 0) is 17.7 Å². The molecule has 0 aromatic heterocycles. The van der Waals surface area contributed by atoms with Gasteiger partial charge in [0.05, 0.1) is 25.2 Å². The number of nitrogens with zero attached hydrogens (tertiary/aromatic N) is 2. The molecule has 0 N–H and O–H groups in total. The summed E-state index contributed by atoms with van der Waals surface area (Å²) in [5.41, 5.74) is 1.11. The van der Waals surface area contributed by atoms with Gasteiger partial charge in [0.25, 0.3) is 0 Å². The molecule has 2 rings (SSSR count). The highest BCUT2D eigenvalue weighted by molar-refractivity contribution is 6.01. The van der Waals surface area contributed by atoms with Gasteiger partial charge in [0.15, 0.2) is 5.78 Å². The number of ketones is 1. The summed E-state index contributed by atoms with van der Waals surface area (Å²) in [6, 6.07) is 19.4. The van der Waals surface area contributed by atoms with Gasteiger partial charge in [0.1, 0.15) is 11.7 Å². The van der Waals surface area contributed by atoms with Crippen LogP contribution >= 0.6 is 0 Å². The number of rotatable bonds is 5. The van der Waals surface area contributed by atoms with Crippen LogP contribution in [0.3, 0.4) is 0 Å². The van der Waals surface area contributed by atoms with Crippen LogP contribution in [0.15, 0.2) is 54.6 Å². The number of carbonyl (C=O) groups excluding carboxylic acids is 1. The lowest BCUT2D eigenvalue weighted by atomic mass is 9.82. The summed E-state index contributed by atoms with van der Waals surface area (Å²) in [5, 5.41) is 18.4. The maximum atomic E-state index is 12.7. The summed E-state index contributed by atoms with van der Waals surface area (Å²) in [7, 11) is 1.55. The first-order chi connectivity index (χ1) is 10.7. The molecule has 0 spiro atoms. The van der Waals surface area contributed by atoms with Gasteiger partial charge in [-0.3, -0.25) is 4.79 Å². The van der Waals surface area contributed by atoms with Gasteiger partial charge in [-0.15, -0.1) is 0 Å². The molecule has 0 fully saturated rings. The Morgan fingerprint density at radius 3 is 2.09 bits per heavy atom. The summed E-state index contributed by atoms with van der Waals surface area (Å²) in [4.78, 5) is 12.7. The topological polar surface area (TPSA) is 73.9 Å². The SMILES string of the molecule is COc1ccc(C(C(=O)c2ccccc2)C(C#N)C#N)cc1. The van der Waals surface area contributed by atoms with E-state index < -0.39 is 11.8 Å². The maximum Gasteiger partial charge on any atom is 0.172 e. The zero-order chi connectivity index (χ0) is 15.9. The van der Waals surface area contributed by atoms with Crippen LogP contribution in [0.2, 0.25) is 0 Å². The number of benzene rings is 2. The van der Waals surface area contributed by atoms with Crippen LogP contribution in [0.4, 0.5) is 0 Å². The Labute approximate surface area is 129 Å². The van der Waals surface area contributed by atoms with Crippen molar-refractivity contribution in [2.45, 2.75) is 5.92 Å². The van der Waals surface area contributed by atoms with Crippen molar-refractivity contribution in [3.8, 4) is 17.9 Å². The molecule has 0 radical (unpaired) electrons. The number of Topliss-reactive ketones (excluding diaryl/α,β-unsaturated/α-hetero) is 1. The smallest absolute Gasteiger partial charge is 0.172 e. The van der Waals surface area contributed by atoms with Crippen LogP contribution in [0.1, 0.15) is 21.8 Å². The van der Waals surface area contributed by atoms with Crippen molar-refractivity contribution >= 4 is 5.78 Å².